The number of ether oxygens (including phenoxy) is 2. The molecule has 5 rings (SSSR count). The topological polar surface area (TPSA) is 103 Å². The molecule has 0 saturated carbocycles. The normalized spacial score (nSPS) is 11.9. The first-order valence-electron chi connectivity index (χ1n) is 11.4. The third-order valence-corrected chi connectivity index (χ3v) is 6.02. The molecule has 4 aromatic rings. The average molecular weight is 485 g/mol. The summed E-state index contributed by atoms with van der Waals surface area (Å²) in [7, 11) is 0. The summed E-state index contributed by atoms with van der Waals surface area (Å²) < 4.78 is 12.0. The van der Waals surface area contributed by atoms with Gasteiger partial charge in [-0.1, -0.05) is 36.4 Å². The van der Waals surface area contributed by atoms with Crippen LogP contribution in [0.2, 0.25) is 0 Å². The van der Waals surface area contributed by atoms with Crippen LogP contribution >= 0.6 is 0 Å². The maximum atomic E-state index is 13.6. The van der Waals surface area contributed by atoms with Crippen LogP contribution in [-0.2, 0) is 22.7 Å². The summed E-state index contributed by atoms with van der Waals surface area (Å²) in [5.74, 6) is 0.378. The quantitative estimate of drug-likeness (QED) is 0.448. The Morgan fingerprint density at radius 1 is 1.03 bits per heavy atom. The Bertz CT molecular complexity index is 1550. The number of amides is 2. The molecular weight excluding hydrogens is 460 g/mol. The minimum absolute atomic E-state index is 0.0275. The van der Waals surface area contributed by atoms with Gasteiger partial charge >= 0.3 is 0 Å². The van der Waals surface area contributed by atoms with Crippen LogP contribution in [0.3, 0.4) is 0 Å². The minimum Gasteiger partial charge on any atom is -0.454 e. The van der Waals surface area contributed by atoms with E-state index in [-0.39, 0.29) is 31.6 Å². The van der Waals surface area contributed by atoms with Gasteiger partial charge in [-0.2, -0.15) is 0 Å². The van der Waals surface area contributed by atoms with Crippen molar-refractivity contribution in [2.24, 2.45) is 0 Å². The van der Waals surface area contributed by atoms with Crippen LogP contribution in [0.5, 0.6) is 11.5 Å². The van der Waals surface area contributed by atoms with E-state index >= 15 is 0 Å². The SMILES string of the molecule is CC(=O)N(Cc1ccccc1C)c1nc2ccccc2n(CC(=O)Nc2ccc3c(c2)OCO3)c1=O. The number of nitrogens with one attached hydrogen (secondary N) is 1. The van der Waals surface area contributed by atoms with Crippen LogP contribution < -0.4 is 25.2 Å². The van der Waals surface area contributed by atoms with E-state index in [0.717, 1.165) is 11.1 Å². The summed E-state index contributed by atoms with van der Waals surface area (Å²) >= 11 is 0. The lowest BCUT2D eigenvalue weighted by molar-refractivity contribution is -0.117. The molecule has 1 aromatic heterocycles. The number of rotatable bonds is 6. The van der Waals surface area contributed by atoms with Gasteiger partial charge in [-0.15, -0.1) is 0 Å². The highest BCUT2D eigenvalue weighted by atomic mass is 16.7. The van der Waals surface area contributed by atoms with E-state index in [1.54, 1.807) is 42.5 Å². The van der Waals surface area contributed by atoms with E-state index in [0.29, 0.717) is 28.2 Å². The van der Waals surface area contributed by atoms with Crippen molar-refractivity contribution >= 4 is 34.4 Å². The van der Waals surface area contributed by atoms with Gasteiger partial charge in [-0.05, 0) is 42.3 Å². The number of aryl methyl sites for hydroxylation is 1. The van der Waals surface area contributed by atoms with Crippen molar-refractivity contribution in [3.05, 3.63) is 88.2 Å². The molecule has 36 heavy (non-hydrogen) atoms. The Morgan fingerprint density at radius 3 is 2.58 bits per heavy atom. The highest BCUT2D eigenvalue weighted by molar-refractivity contribution is 5.93. The van der Waals surface area contributed by atoms with E-state index < -0.39 is 11.5 Å². The van der Waals surface area contributed by atoms with Crippen LogP contribution in [-0.4, -0.2) is 28.2 Å². The van der Waals surface area contributed by atoms with Crippen LogP contribution in [0.1, 0.15) is 18.1 Å². The van der Waals surface area contributed by atoms with Crippen molar-refractivity contribution in [3.63, 3.8) is 0 Å². The molecule has 0 fully saturated rings. The lowest BCUT2D eigenvalue weighted by Crippen LogP contribution is -2.38. The van der Waals surface area contributed by atoms with Crippen LogP contribution in [0, 0.1) is 6.92 Å². The number of carbonyl (C=O) groups excluding carboxylic acids is 2. The molecule has 0 atom stereocenters. The predicted molar refractivity (Wildman–Crippen MR) is 135 cm³/mol. The zero-order chi connectivity index (χ0) is 25.2. The molecule has 3 aromatic carbocycles. The highest BCUT2D eigenvalue weighted by Gasteiger charge is 2.22. The molecule has 9 heteroatoms. The maximum Gasteiger partial charge on any atom is 0.294 e. The third-order valence-electron chi connectivity index (χ3n) is 6.02. The van der Waals surface area contributed by atoms with Crippen molar-refractivity contribution < 1.29 is 19.1 Å². The smallest absolute Gasteiger partial charge is 0.294 e. The summed E-state index contributed by atoms with van der Waals surface area (Å²) in [4.78, 5) is 45.1. The number of aromatic nitrogens is 2. The first-order chi connectivity index (χ1) is 17.4. The molecule has 0 saturated heterocycles. The Morgan fingerprint density at radius 2 is 1.78 bits per heavy atom. The van der Waals surface area contributed by atoms with Gasteiger partial charge in [-0.25, -0.2) is 4.98 Å². The number of hydrogen-bond donors (Lipinski definition) is 1. The number of anilines is 2. The molecule has 1 N–H and O–H groups in total. The van der Waals surface area contributed by atoms with Gasteiger partial charge in [0.2, 0.25) is 24.4 Å². The Labute approximate surface area is 206 Å². The van der Waals surface area contributed by atoms with E-state index in [1.807, 2.05) is 31.2 Å². The standard InChI is InChI=1S/C27H24N4O5/c1-17-7-3-4-8-19(17)14-30(18(2)32)26-27(34)31(22-10-6-5-9-21(22)29-26)15-25(33)28-20-11-12-23-24(13-20)36-16-35-23/h3-13H,14-16H2,1-2H3,(H,28,33). The predicted octanol–water partition coefficient (Wildman–Crippen LogP) is 3.63. The zero-order valence-corrected chi connectivity index (χ0v) is 19.9. The first-order valence-corrected chi connectivity index (χ1v) is 11.4. The lowest BCUT2D eigenvalue weighted by Gasteiger charge is -2.22. The van der Waals surface area contributed by atoms with Gasteiger partial charge in [-0.3, -0.25) is 23.9 Å². The fourth-order valence-corrected chi connectivity index (χ4v) is 4.12. The second-order valence-corrected chi connectivity index (χ2v) is 8.46. The second-order valence-electron chi connectivity index (χ2n) is 8.46. The van der Waals surface area contributed by atoms with E-state index in [1.165, 1.54) is 16.4 Å². The molecule has 0 aliphatic carbocycles. The summed E-state index contributed by atoms with van der Waals surface area (Å²) in [5, 5.41) is 2.80. The summed E-state index contributed by atoms with van der Waals surface area (Å²) in [6.07, 6.45) is 0. The molecule has 0 spiro atoms. The van der Waals surface area contributed by atoms with Crippen molar-refractivity contribution in [3.8, 4) is 11.5 Å². The largest absolute Gasteiger partial charge is 0.454 e. The number of para-hydroxylation sites is 2. The van der Waals surface area contributed by atoms with E-state index in [4.69, 9.17) is 9.47 Å². The summed E-state index contributed by atoms with van der Waals surface area (Å²) in [6.45, 7) is 3.39. The van der Waals surface area contributed by atoms with Gasteiger partial charge in [0.25, 0.3) is 5.56 Å². The molecule has 9 nitrogen and oxygen atoms in total. The van der Waals surface area contributed by atoms with Gasteiger partial charge < -0.3 is 14.8 Å². The van der Waals surface area contributed by atoms with Crippen molar-refractivity contribution in [2.45, 2.75) is 26.9 Å². The molecule has 2 heterocycles. The monoisotopic (exact) mass is 484 g/mol. The van der Waals surface area contributed by atoms with Gasteiger partial charge in [0, 0.05) is 18.7 Å². The van der Waals surface area contributed by atoms with Gasteiger partial charge in [0.05, 0.1) is 17.6 Å². The summed E-state index contributed by atoms with van der Waals surface area (Å²) in [6, 6.07) is 19.8. The first kappa shape index (κ1) is 23.1. The van der Waals surface area contributed by atoms with E-state index in [2.05, 4.69) is 10.3 Å². The van der Waals surface area contributed by atoms with Crippen LogP contribution in [0.15, 0.2) is 71.5 Å². The second kappa shape index (κ2) is 9.53. The number of hydrogen-bond acceptors (Lipinski definition) is 6. The van der Waals surface area contributed by atoms with Crippen molar-refractivity contribution in [2.75, 3.05) is 17.0 Å². The Hall–Kier alpha value is -4.66. The molecule has 182 valence electrons. The number of nitrogens with zero attached hydrogens (tertiary/aromatic N) is 3. The molecule has 2 amide bonds. The molecular formula is C27H24N4O5. The minimum atomic E-state index is -0.529. The molecule has 1 aliphatic heterocycles. The van der Waals surface area contributed by atoms with Crippen LogP contribution in [0.25, 0.3) is 11.0 Å². The lowest BCUT2D eigenvalue weighted by atomic mass is 10.1. The number of fused-ring (bicyclic) bond motifs is 2. The fraction of sp³-hybridized carbons (Fsp3) is 0.185. The van der Waals surface area contributed by atoms with Crippen molar-refractivity contribution in [1.29, 1.82) is 0 Å². The number of benzene rings is 3. The molecule has 0 radical (unpaired) electrons. The summed E-state index contributed by atoms with van der Waals surface area (Å²) in [5.41, 5.74) is 2.87. The highest BCUT2D eigenvalue weighted by Crippen LogP contribution is 2.34. The van der Waals surface area contributed by atoms with Gasteiger partial charge in [0.15, 0.2) is 11.5 Å². The Kier molecular flexibility index (Phi) is 6.12. The van der Waals surface area contributed by atoms with E-state index in [9.17, 15) is 14.4 Å². The maximum absolute atomic E-state index is 13.6. The third kappa shape index (κ3) is 4.50. The Balaban J connectivity index is 1.50. The fourth-order valence-electron chi connectivity index (χ4n) is 4.12. The zero-order valence-electron chi connectivity index (χ0n) is 19.9. The molecule has 1 aliphatic rings. The van der Waals surface area contributed by atoms with Crippen molar-refractivity contribution in [1.82, 2.24) is 9.55 Å². The van der Waals surface area contributed by atoms with Crippen LogP contribution in [0.4, 0.5) is 11.5 Å². The average Bonchev–Trinajstić information content (AvgIpc) is 3.33. The molecule has 0 unspecified atom stereocenters. The number of carbonyl (C=O) groups is 2. The van der Waals surface area contributed by atoms with Gasteiger partial charge in [0.1, 0.15) is 6.54 Å². The molecule has 0 bridgehead atoms.